The van der Waals surface area contributed by atoms with Crippen LogP contribution in [0.25, 0.3) is 0 Å². The van der Waals surface area contributed by atoms with Crippen LogP contribution < -0.4 is 0 Å². The van der Waals surface area contributed by atoms with Crippen molar-refractivity contribution in [2.75, 3.05) is 0 Å². The fraction of sp³-hybridized carbons (Fsp3) is 0.833. The lowest BCUT2D eigenvalue weighted by Gasteiger charge is -1.99. The monoisotopic (exact) mass is 296 g/mol. The number of ether oxygens (including phenoxy) is 1. The molecule has 21 heavy (non-hydrogen) atoms. The van der Waals surface area contributed by atoms with E-state index in [0.717, 1.165) is 12.8 Å². The Labute approximate surface area is 129 Å². The lowest BCUT2D eigenvalue weighted by molar-refractivity contribution is -0.131. The number of hydrogen-bond acceptors (Lipinski definition) is 2. The van der Waals surface area contributed by atoms with Gasteiger partial charge in [-0.15, -0.1) is 0 Å². The van der Waals surface area contributed by atoms with Gasteiger partial charge in [0.1, 0.15) is 0 Å². The van der Waals surface area contributed by atoms with Crippen LogP contribution in [0.1, 0.15) is 84.0 Å². The normalized spacial score (nSPS) is 21.0. The standard InChI is InChI=1S/C18H32O3/c1-2-3-4-5-7-10-13-16-17(21-16)14-11-8-6-9-12-15-18(19)20/h12,15-17H,2-11,13-14H2,1H3,(H,19,20)/t16-,17+/m1/s1. The van der Waals surface area contributed by atoms with Crippen molar-refractivity contribution in [3.05, 3.63) is 12.2 Å². The molecule has 0 spiro atoms. The summed E-state index contributed by atoms with van der Waals surface area (Å²) in [6, 6.07) is 0. The average Bonchev–Trinajstić information content (AvgIpc) is 3.20. The number of allylic oxidation sites excluding steroid dienone is 1. The van der Waals surface area contributed by atoms with Crippen molar-refractivity contribution >= 4 is 5.97 Å². The number of unbranched alkanes of at least 4 members (excludes halogenated alkanes) is 8. The molecule has 0 saturated carbocycles. The SMILES string of the molecule is CCCCCCCC[C@H]1O[C@H]1CCCCCC=CC(=O)O. The maximum atomic E-state index is 10.3. The van der Waals surface area contributed by atoms with E-state index in [2.05, 4.69) is 6.92 Å². The van der Waals surface area contributed by atoms with Gasteiger partial charge >= 0.3 is 5.97 Å². The minimum Gasteiger partial charge on any atom is -0.478 e. The van der Waals surface area contributed by atoms with E-state index < -0.39 is 5.97 Å². The Bertz CT molecular complexity index is 299. The van der Waals surface area contributed by atoms with Crippen LogP contribution in [0.15, 0.2) is 12.2 Å². The molecule has 0 aromatic carbocycles. The van der Waals surface area contributed by atoms with Gasteiger partial charge in [-0.2, -0.15) is 0 Å². The molecule has 0 aliphatic carbocycles. The third-order valence-electron chi connectivity index (χ3n) is 4.15. The van der Waals surface area contributed by atoms with E-state index >= 15 is 0 Å². The molecule has 0 unspecified atom stereocenters. The fourth-order valence-electron chi connectivity index (χ4n) is 2.78. The van der Waals surface area contributed by atoms with Gasteiger partial charge in [0.25, 0.3) is 0 Å². The smallest absolute Gasteiger partial charge is 0.327 e. The Morgan fingerprint density at radius 3 is 2.14 bits per heavy atom. The molecule has 1 saturated heterocycles. The van der Waals surface area contributed by atoms with Crippen molar-refractivity contribution in [3.8, 4) is 0 Å². The molecular weight excluding hydrogens is 264 g/mol. The number of aliphatic carboxylic acids is 1. The molecule has 122 valence electrons. The van der Waals surface area contributed by atoms with Crippen LogP contribution in [0.5, 0.6) is 0 Å². The molecule has 1 N–H and O–H groups in total. The third kappa shape index (κ3) is 10.5. The summed E-state index contributed by atoms with van der Waals surface area (Å²) < 4.78 is 5.71. The zero-order valence-electron chi connectivity index (χ0n) is 13.6. The predicted octanol–water partition coefficient (Wildman–Crippen LogP) is 5.10. The van der Waals surface area contributed by atoms with Gasteiger partial charge in [-0.1, -0.05) is 64.4 Å². The second-order valence-corrected chi connectivity index (χ2v) is 6.15. The van der Waals surface area contributed by atoms with Crippen molar-refractivity contribution in [2.24, 2.45) is 0 Å². The topological polar surface area (TPSA) is 49.8 Å². The lowest BCUT2D eigenvalue weighted by atomic mass is 10.0. The summed E-state index contributed by atoms with van der Waals surface area (Å²) in [5, 5.41) is 8.45. The largest absolute Gasteiger partial charge is 0.478 e. The summed E-state index contributed by atoms with van der Waals surface area (Å²) in [6.07, 6.45) is 19.0. The zero-order chi connectivity index (χ0) is 15.3. The minimum absolute atomic E-state index is 0.523. The highest BCUT2D eigenvalue weighted by Crippen LogP contribution is 2.31. The molecule has 1 rings (SSSR count). The molecular formula is C18H32O3. The van der Waals surface area contributed by atoms with Crippen LogP contribution in [-0.4, -0.2) is 23.3 Å². The van der Waals surface area contributed by atoms with E-state index in [4.69, 9.17) is 9.84 Å². The van der Waals surface area contributed by atoms with Crippen molar-refractivity contribution in [1.82, 2.24) is 0 Å². The zero-order valence-corrected chi connectivity index (χ0v) is 13.6. The number of carbonyl (C=O) groups is 1. The Morgan fingerprint density at radius 1 is 0.952 bits per heavy atom. The molecule has 1 aliphatic heterocycles. The Balaban J connectivity index is 1.81. The summed E-state index contributed by atoms with van der Waals surface area (Å²) in [6.45, 7) is 2.26. The highest BCUT2D eigenvalue weighted by molar-refractivity contribution is 5.79. The molecule has 0 amide bonds. The predicted molar refractivity (Wildman–Crippen MR) is 86.5 cm³/mol. The Morgan fingerprint density at radius 2 is 1.52 bits per heavy atom. The molecule has 0 radical (unpaired) electrons. The molecule has 0 bridgehead atoms. The summed E-state index contributed by atoms with van der Waals surface area (Å²) in [7, 11) is 0. The summed E-state index contributed by atoms with van der Waals surface area (Å²) >= 11 is 0. The first-order valence-electron chi connectivity index (χ1n) is 8.79. The molecule has 3 nitrogen and oxygen atoms in total. The molecule has 1 fully saturated rings. The summed E-state index contributed by atoms with van der Waals surface area (Å²) in [5.41, 5.74) is 0. The van der Waals surface area contributed by atoms with Gasteiger partial charge in [0.2, 0.25) is 0 Å². The van der Waals surface area contributed by atoms with Crippen LogP contribution in [0.4, 0.5) is 0 Å². The lowest BCUT2D eigenvalue weighted by Crippen LogP contribution is -1.94. The van der Waals surface area contributed by atoms with Crippen LogP contribution in [0.2, 0.25) is 0 Å². The highest BCUT2D eigenvalue weighted by Gasteiger charge is 2.36. The molecule has 0 aromatic rings. The first kappa shape index (κ1) is 18.2. The van der Waals surface area contributed by atoms with E-state index in [9.17, 15) is 4.79 Å². The molecule has 0 aromatic heterocycles. The van der Waals surface area contributed by atoms with Crippen LogP contribution in [-0.2, 0) is 9.53 Å². The quantitative estimate of drug-likeness (QED) is 0.276. The van der Waals surface area contributed by atoms with Gasteiger partial charge in [0.05, 0.1) is 12.2 Å². The number of epoxide rings is 1. The maximum absolute atomic E-state index is 10.3. The fourth-order valence-corrected chi connectivity index (χ4v) is 2.78. The van der Waals surface area contributed by atoms with Gasteiger partial charge in [0.15, 0.2) is 0 Å². The van der Waals surface area contributed by atoms with Gasteiger partial charge in [-0.25, -0.2) is 4.79 Å². The Hall–Kier alpha value is -0.830. The molecule has 1 heterocycles. The van der Waals surface area contributed by atoms with E-state index in [-0.39, 0.29) is 0 Å². The van der Waals surface area contributed by atoms with E-state index in [1.54, 1.807) is 6.08 Å². The van der Waals surface area contributed by atoms with Crippen molar-refractivity contribution in [1.29, 1.82) is 0 Å². The van der Waals surface area contributed by atoms with Crippen LogP contribution >= 0.6 is 0 Å². The number of hydrogen-bond donors (Lipinski definition) is 1. The molecule has 3 heteroatoms. The highest BCUT2D eigenvalue weighted by atomic mass is 16.6. The van der Waals surface area contributed by atoms with Crippen LogP contribution in [0.3, 0.4) is 0 Å². The molecule has 2 atom stereocenters. The summed E-state index contributed by atoms with van der Waals surface area (Å²) in [4.78, 5) is 10.3. The first-order chi connectivity index (χ1) is 10.2. The van der Waals surface area contributed by atoms with Gasteiger partial charge in [0, 0.05) is 6.08 Å². The van der Waals surface area contributed by atoms with Gasteiger partial charge in [-0.05, 0) is 25.7 Å². The average molecular weight is 296 g/mol. The first-order valence-corrected chi connectivity index (χ1v) is 8.79. The third-order valence-corrected chi connectivity index (χ3v) is 4.15. The number of carboxylic acids is 1. The molecule has 1 aliphatic rings. The van der Waals surface area contributed by atoms with Gasteiger partial charge < -0.3 is 9.84 Å². The second-order valence-electron chi connectivity index (χ2n) is 6.15. The van der Waals surface area contributed by atoms with Crippen molar-refractivity contribution in [2.45, 2.75) is 96.2 Å². The van der Waals surface area contributed by atoms with E-state index in [1.807, 2.05) is 0 Å². The van der Waals surface area contributed by atoms with Crippen LogP contribution in [0, 0.1) is 0 Å². The minimum atomic E-state index is -0.848. The van der Waals surface area contributed by atoms with Gasteiger partial charge in [-0.3, -0.25) is 0 Å². The van der Waals surface area contributed by atoms with E-state index in [1.165, 1.54) is 70.3 Å². The number of carboxylic acid groups (broad SMARTS) is 1. The van der Waals surface area contributed by atoms with E-state index in [0.29, 0.717) is 12.2 Å². The van der Waals surface area contributed by atoms with Crippen molar-refractivity contribution in [3.63, 3.8) is 0 Å². The summed E-state index contributed by atoms with van der Waals surface area (Å²) in [5.74, 6) is -0.848. The second kappa shape index (κ2) is 11.8. The van der Waals surface area contributed by atoms with Crippen molar-refractivity contribution < 1.29 is 14.6 Å². The number of rotatable bonds is 14. The maximum Gasteiger partial charge on any atom is 0.327 e. The Kier molecular flexibility index (Phi) is 10.2.